The molecular formula is C18H33N2O6+. The second-order valence-electron chi connectivity index (χ2n) is 8.94. The van der Waals surface area contributed by atoms with Crippen LogP contribution in [0.2, 0.25) is 0 Å². The lowest BCUT2D eigenvalue weighted by molar-refractivity contribution is -0.932. The summed E-state index contributed by atoms with van der Waals surface area (Å²) >= 11 is 0. The molecule has 0 aromatic rings. The number of carbonyl (C=O) groups is 3. The number of aliphatic carboxylic acids is 1. The van der Waals surface area contributed by atoms with Gasteiger partial charge in [-0.1, -0.05) is 6.92 Å². The number of nitrogens with zero attached hydrogens (tertiary/aromatic N) is 1. The molecule has 3 atom stereocenters. The zero-order chi connectivity index (χ0) is 20.6. The minimum Gasteiger partial charge on any atom is -0.477 e. The molecule has 3 N–H and O–H groups in total. The molecular weight excluding hydrogens is 340 g/mol. The quantitative estimate of drug-likeness (QED) is 0.653. The number of carbonyl (C=O) groups excluding carboxylic acids is 1. The van der Waals surface area contributed by atoms with Crippen molar-refractivity contribution in [3.8, 4) is 0 Å². The number of hydrogen-bond donors (Lipinski definition) is 3. The molecule has 2 amide bonds. The predicted molar refractivity (Wildman–Crippen MR) is 95.9 cm³/mol. The van der Waals surface area contributed by atoms with E-state index in [1.807, 2.05) is 0 Å². The number of hydrogen-bond acceptors (Lipinski definition) is 4. The van der Waals surface area contributed by atoms with Gasteiger partial charge in [-0.25, -0.2) is 14.1 Å². The number of alkyl carbamates (subject to hydrolysis) is 1. The molecule has 1 saturated heterocycles. The molecule has 0 saturated carbocycles. The van der Waals surface area contributed by atoms with Crippen molar-refractivity contribution in [3.05, 3.63) is 0 Å². The lowest BCUT2D eigenvalue weighted by Gasteiger charge is -2.50. The van der Waals surface area contributed by atoms with Crippen LogP contribution < -0.4 is 5.32 Å². The summed E-state index contributed by atoms with van der Waals surface area (Å²) in [6, 6.07) is 0. The SMILES string of the molecule is CC[C@]1(C(=O)O)[C@H](CNC(=O)OC(C)(C)C)CC[N+]1(C(=O)O)C(C)(C)C. The highest BCUT2D eigenvalue weighted by Gasteiger charge is 2.72. The standard InChI is InChI=1S/C18H32N2O6/c1-8-18(13(21)22)12(11-19-14(23)26-17(5,6)7)9-10-20(18,15(24)25)16(2,3)4/h12H,8-11H2,1-7H3,(H2-,19,21,22,23,24,25)/p+1/t12-,18+,20?/m0/s1. The van der Waals surface area contributed by atoms with Crippen molar-refractivity contribution >= 4 is 18.2 Å². The van der Waals surface area contributed by atoms with Crippen LogP contribution in [0.25, 0.3) is 0 Å². The van der Waals surface area contributed by atoms with Gasteiger partial charge in [-0.2, -0.15) is 4.79 Å². The third kappa shape index (κ3) is 3.51. The monoisotopic (exact) mass is 373 g/mol. The molecule has 0 aromatic heterocycles. The zero-order valence-electron chi connectivity index (χ0n) is 16.9. The Balaban J connectivity index is 3.25. The van der Waals surface area contributed by atoms with Gasteiger partial charge >= 0.3 is 18.2 Å². The Labute approximate surface area is 155 Å². The van der Waals surface area contributed by atoms with Gasteiger partial charge in [0.2, 0.25) is 5.54 Å². The fourth-order valence-electron chi connectivity index (χ4n) is 4.43. The van der Waals surface area contributed by atoms with E-state index in [1.165, 1.54) is 0 Å². The molecule has 0 radical (unpaired) electrons. The van der Waals surface area contributed by atoms with Gasteiger partial charge in [-0.3, -0.25) is 0 Å². The number of carboxylic acid groups (broad SMARTS) is 2. The van der Waals surface area contributed by atoms with Gasteiger partial charge in [0.15, 0.2) is 0 Å². The average Bonchev–Trinajstić information content (AvgIpc) is 2.79. The van der Waals surface area contributed by atoms with E-state index in [-0.39, 0.29) is 19.5 Å². The Hall–Kier alpha value is -1.83. The lowest BCUT2D eigenvalue weighted by atomic mass is 9.78. The molecule has 26 heavy (non-hydrogen) atoms. The molecule has 1 rings (SSSR count). The summed E-state index contributed by atoms with van der Waals surface area (Å²) in [5, 5.41) is 22.8. The molecule has 1 fully saturated rings. The topological polar surface area (TPSA) is 113 Å². The van der Waals surface area contributed by atoms with Crippen LogP contribution in [0, 0.1) is 5.92 Å². The van der Waals surface area contributed by atoms with E-state index in [0.29, 0.717) is 6.42 Å². The van der Waals surface area contributed by atoms with Crippen molar-refractivity contribution in [2.75, 3.05) is 13.1 Å². The van der Waals surface area contributed by atoms with Crippen molar-refractivity contribution in [3.63, 3.8) is 0 Å². The second-order valence-corrected chi connectivity index (χ2v) is 8.94. The lowest BCUT2D eigenvalue weighted by Crippen LogP contribution is -2.76. The van der Waals surface area contributed by atoms with Gasteiger partial charge in [0, 0.05) is 25.3 Å². The van der Waals surface area contributed by atoms with Crippen molar-refractivity contribution in [1.29, 1.82) is 0 Å². The number of amides is 2. The summed E-state index contributed by atoms with van der Waals surface area (Å²) in [5.74, 6) is -1.67. The summed E-state index contributed by atoms with van der Waals surface area (Å²) in [5.41, 5.74) is -3.01. The molecule has 150 valence electrons. The first-order chi connectivity index (χ1) is 11.7. The molecule has 0 aliphatic carbocycles. The molecule has 8 heteroatoms. The summed E-state index contributed by atoms with van der Waals surface area (Å²) in [4.78, 5) is 36.7. The van der Waals surface area contributed by atoms with E-state index in [4.69, 9.17) is 4.74 Å². The third-order valence-corrected chi connectivity index (χ3v) is 5.44. The number of ether oxygens (including phenoxy) is 1. The minimum absolute atomic E-state index is 0.0540. The van der Waals surface area contributed by atoms with E-state index >= 15 is 0 Å². The van der Waals surface area contributed by atoms with E-state index in [9.17, 15) is 24.6 Å². The third-order valence-electron chi connectivity index (χ3n) is 5.44. The fraction of sp³-hybridized carbons (Fsp3) is 0.833. The van der Waals surface area contributed by atoms with Crippen LogP contribution in [0.15, 0.2) is 0 Å². The van der Waals surface area contributed by atoms with Crippen molar-refractivity contribution < 1.29 is 33.8 Å². The summed E-state index contributed by atoms with van der Waals surface area (Å²) in [6.07, 6.45) is -1.25. The van der Waals surface area contributed by atoms with Gasteiger partial charge in [0.25, 0.3) is 0 Å². The average molecular weight is 373 g/mol. The molecule has 1 unspecified atom stereocenters. The van der Waals surface area contributed by atoms with E-state index in [2.05, 4.69) is 5.32 Å². The van der Waals surface area contributed by atoms with E-state index in [0.717, 1.165) is 0 Å². The first-order valence-corrected chi connectivity index (χ1v) is 8.97. The van der Waals surface area contributed by atoms with Crippen LogP contribution in [0.1, 0.15) is 61.3 Å². The number of carboxylic acids is 1. The fourth-order valence-corrected chi connectivity index (χ4v) is 4.43. The van der Waals surface area contributed by atoms with Gasteiger partial charge < -0.3 is 20.3 Å². The van der Waals surface area contributed by atoms with Crippen molar-refractivity contribution in [1.82, 2.24) is 5.32 Å². The van der Waals surface area contributed by atoms with Gasteiger partial charge in [-0.05, 0) is 41.5 Å². The molecule has 0 bridgehead atoms. The number of quaternary nitrogens is 1. The molecule has 0 spiro atoms. The van der Waals surface area contributed by atoms with E-state index < -0.39 is 45.2 Å². The van der Waals surface area contributed by atoms with Gasteiger partial charge in [0.1, 0.15) is 11.1 Å². The maximum atomic E-state index is 12.4. The summed E-state index contributed by atoms with van der Waals surface area (Å²) in [6.45, 7) is 12.4. The Bertz CT molecular complexity index is 577. The maximum absolute atomic E-state index is 12.4. The Morgan fingerprint density at radius 2 is 1.69 bits per heavy atom. The molecule has 1 aliphatic rings. The Morgan fingerprint density at radius 1 is 1.15 bits per heavy atom. The smallest absolute Gasteiger partial charge is 0.477 e. The second kappa shape index (κ2) is 7.06. The Kier molecular flexibility index (Phi) is 6.03. The number of nitrogens with one attached hydrogen (secondary N) is 1. The molecule has 8 nitrogen and oxygen atoms in total. The van der Waals surface area contributed by atoms with Gasteiger partial charge in [0.05, 0.1) is 6.54 Å². The highest BCUT2D eigenvalue weighted by Crippen LogP contribution is 2.49. The molecule has 1 aliphatic heterocycles. The number of likely N-dealkylation sites (tertiary alicyclic amines) is 1. The first-order valence-electron chi connectivity index (χ1n) is 8.97. The Morgan fingerprint density at radius 3 is 2.04 bits per heavy atom. The van der Waals surface area contributed by atoms with Crippen LogP contribution >= 0.6 is 0 Å². The largest absolute Gasteiger partial charge is 0.514 e. The maximum Gasteiger partial charge on any atom is 0.514 e. The van der Waals surface area contributed by atoms with Crippen LogP contribution in [-0.2, 0) is 9.53 Å². The molecule has 0 aromatic carbocycles. The first kappa shape index (κ1) is 22.2. The van der Waals surface area contributed by atoms with Gasteiger partial charge in [-0.15, -0.1) is 0 Å². The van der Waals surface area contributed by atoms with E-state index in [1.54, 1.807) is 48.5 Å². The van der Waals surface area contributed by atoms with Crippen molar-refractivity contribution in [2.24, 2.45) is 5.92 Å². The van der Waals surface area contributed by atoms with Crippen LogP contribution in [0.3, 0.4) is 0 Å². The van der Waals surface area contributed by atoms with Crippen LogP contribution in [0.5, 0.6) is 0 Å². The number of rotatable bonds is 4. The zero-order valence-corrected chi connectivity index (χ0v) is 16.9. The summed E-state index contributed by atoms with van der Waals surface area (Å²) < 4.78 is 4.64. The summed E-state index contributed by atoms with van der Waals surface area (Å²) in [7, 11) is 0. The van der Waals surface area contributed by atoms with Crippen LogP contribution in [0.4, 0.5) is 9.59 Å². The normalized spacial score (nSPS) is 29.3. The highest BCUT2D eigenvalue weighted by atomic mass is 16.6. The van der Waals surface area contributed by atoms with Crippen LogP contribution in [-0.4, -0.2) is 62.6 Å². The van der Waals surface area contributed by atoms with Crippen molar-refractivity contribution in [2.45, 2.75) is 78.0 Å². The highest BCUT2D eigenvalue weighted by molar-refractivity contribution is 5.81. The molecule has 1 heterocycles. The predicted octanol–water partition coefficient (Wildman–Crippen LogP) is 3.06. The minimum atomic E-state index is -1.53.